The van der Waals surface area contributed by atoms with Gasteiger partial charge in [0.05, 0.1) is 13.2 Å². The fraction of sp³-hybridized carbons (Fsp3) is 0.583. The molecule has 1 aromatic rings. The molecule has 6 heteroatoms. The summed E-state index contributed by atoms with van der Waals surface area (Å²) in [6, 6.07) is 1.33. The van der Waals surface area contributed by atoms with Crippen LogP contribution in [0.2, 0.25) is 0 Å². The van der Waals surface area contributed by atoms with E-state index in [1.165, 1.54) is 12.3 Å². The van der Waals surface area contributed by atoms with Gasteiger partial charge in [0, 0.05) is 6.20 Å². The predicted molar refractivity (Wildman–Crippen MR) is 68.8 cm³/mol. The number of pyridine rings is 1. The largest absolute Gasteiger partial charge is 0.382 e. The van der Waals surface area contributed by atoms with Gasteiger partial charge in [-0.15, -0.1) is 0 Å². The molecule has 0 saturated heterocycles. The summed E-state index contributed by atoms with van der Waals surface area (Å²) in [5, 5.41) is 0. The van der Waals surface area contributed by atoms with Gasteiger partial charge in [-0.1, -0.05) is 13.8 Å². The quantitative estimate of drug-likeness (QED) is 0.748. The Labute approximate surface area is 107 Å². The third kappa shape index (κ3) is 3.37. The first-order chi connectivity index (χ1) is 8.44. The summed E-state index contributed by atoms with van der Waals surface area (Å²) in [7, 11) is -3.65. The molecule has 0 aliphatic rings. The highest BCUT2D eigenvalue weighted by Crippen LogP contribution is 2.46. The van der Waals surface area contributed by atoms with E-state index in [0.29, 0.717) is 0 Å². The van der Waals surface area contributed by atoms with Crippen molar-refractivity contribution >= 4 is 13.0 Å². The minimum atomic E-state index is -3.65. The number of hydrogen-bond donors (Lipinski definition) is 0. The van der Waals surface area contributed by atoms with Crippen LogP contribution < -0.4 is 5.44 Å². The predicted octanol–water partition coefficient (Wildman–Crippen LogP) is 3.24. The summed E-state index contributed by atoms with van der Waals surface area (Å²) in [6.07, 6.45) is 1.51. The molecule has 1 aromatic heterocycles. The maximum Gasteiger partial charge on any atom is 0.382 e. The second-order valence-electron chi connectivity index (χ2n) is 4.06. The second kappa shape index (κ2) is 6.41. The Balaban J connectivity index is 3.18. The van der Waals surface area contributed by atoms with Crippen LogP contribution in [0.3, 0.4) is 0 Å². The van der Waals surface area contributed by atoms with E-state index in [1.54, 1.807) is 13.8 Å². The van der Waals surface area contributed by atoms with E-state index >= 15 is 0 Å². The van der Waals surface area contributed by atoms with Crippen LogP contribution in [-0.2, 0) is 13.6 Å². The lowest BCUT2D eigenvalue weighted by molar-refractivity contribution is 0.228. The molecule has 0 fully saturated rings. The van der Waals surface area contributed by atoms with E-state index in [2.05, 4.69) is 4.98 Å². The lowest BCUT2D eigenvalue weighted by atomic mass is 10.1. The van der Waals surface area contributed by atoms with E-state index in [0.717, 1.165) is 5.56 Å². The van der Waals surface area contributed by atoms with Crippen molar-refractivity contribution < 1.29 is 18.0 Å². The molecule has 1 heterocycles. The van der Waals surface area contributed by atoms with E-state index in [4.69, 9.17) is 9.05 Å². The number of nitrogens with zero attached hydrogens (tertiary/aromatic N) is 1. The van der Waals surface area contributed by atoms with Crippen LogP contribution in [-0.4, -0.2) is 18.2 Å². The molecule has 1 rings (SSSR count). The molecule has 0 aliphatic carbocycles. The zero-order chi connectivity index (χ0) is 13.8. The minimum Gasteiger partial charge on any atom is -0.304 e. The Kier molecular flexibility index (Phi) is 5.45. The van der Waals surface area contributed by atoms with Crippen LogP contribution in [0.15, 0.2) is 12.3 Å². The lowest BCUT2D eigenvalue weighted by Crippen LogP contribution is -2.19. The molecule has 0 atom stereocenters. The second-order valence-corrected chi connectivity index (χ2v) is 6.00. The van der Waals surface area contributed by atoms with E-state index in [1.807, 2.05) is 13.8 Å². The number of hydrogen-bond acceptors (Lipinski definition) is 4. The van der Waals surface area contributed by atoms with Gasteiger partial charge in [-0.25, -0.2) is 9.37 Å². The summed E-state index contributed by atoms with van der Waals surface area (Å²) in [5.74, 6) is -0.494. The van der Waals surface area contributed by atoms with Gasteiger partial charge >= 0.3 is 7.60 Å². The third-order valence-corrected chi connectivity index (χ3v) is 4.41. The monoisotopic (exact) mass is 275 g/mol. The van der Waals surface area contributed by atoms with Gasteiger partial charge in [0.1, 0.15) is 0 Å². The molecule has 102 valence electrons. The van der Waals surface area contributed by atoms with Gasteiger partial charge in [-0.3, -0.25) is 4.57 Å². The van der Waals surface area contributed by atoms with Crippen molar-refractivity contribution in [3.63, 3.8) is 0 Å². The average Bonchev–Trinajstić information content (AvgIpc) is 2.29. The molecule has 0 saturated carbocycles. The molecule has 4 nitrogen and oxygen atoms in total. The summed E-state index contributed by atoms with van der Waals surface area (Å²) < 4.78 is 36.5. The van der Waals surface area contributed by atoms with Gasteiger partial charge in [-0.05, 0) is 31.4 Å². The molecule has 0 spiro atoms. The van der Waals surface area contributed by atoms with Crippen LogP contribution in [0.1, 0.15) is 39.2 Å². The van der Waals surface area contributed by atoms with Crippen LogP contribution in [0.25, 0.3) is 0 Å². The Morgan fingerprint density at radius 3 is 2.28 bits per heavy atom. The molecule has 0 aromatic carbocycles. The molecule has 0 unspecified atom stereocenters. The number of aromatic nitrogens is 1. The summed E-state index contributed by atoms with van der Waals surface area (Å²) >= 11 is 0. The highest BCUT2D eigenvalue weighted by Gasteiger charge is 2.32. The van der Waals surface area contributed by atoms with Crippen LogP contribution in [0.5, 0.6) is 0 Å². The molecule has 0 amide bonds. The molecular formula is C12H19FNO3P. The molecule has 18 heavy (non-hydrogen) atoms. The van der Waals surface area contributed by atoms with Crippen molar-refractivity contribution in [1.82, 2.24) is 4.98 Å². The first kappa shape index (κ1) is 15.3. The Hall–Kier alpha value is -0.770. The number of halogens is 1. The highest BCUT2D eigenvalue weighted by atomic mass is 31.2. The Morgan fingerprint density at radius 2 is 1.89 bits per heavy atom. The van der Waals surface area contributed by atoms with Gasteiger partial charge in [0.2, 0.25) is 0 Å². The highest BCUT2D eigenvalue weighted by molar-refractivity contribution is 7.61. The molecular weight excluding hydrogens is 256 g/mol. The zero-order valence-corrected chi connectivity index (χ0v) is 12.0. The normalized spacial score (nSPS) is 12.1. The van der Waals surface area contributed by atoms with Gasteiger partial charge in [-0.2, -0.15) is 0 Å². The topological polar surface area (TPSA) is 48.4 Å². The maximum atomic E-state index is 14.0. The van der Waals surface area contributed by atoms with Crippen molar-refractivity contribution in [2.45, 2.75) is 33.6 Å². The smallest absolute Gasteiger partial charge is 0.304 e. The fourth-order valence-corrected chi connectivity index (χ4v) is 2.99. The lowest BCUT2D eigenvalue weighted by Gasteiger charge is -2.17. The third-order valence-electron chi connectivity index (χ3n) is 2.37. The van der Waals surface area contributed by atoms with Crippen molar-refractivity contribution in [2.24, 2.45) is 0 Å². The molecule has 0 N–H and O–H groups in total. The standard InChI is InChI=1S/C12H19FNO3P/c1-5-16-18(15,17-6-2)12-11(13)7-10(8-14-12)9(3)4/h7-9H,5-6H2,1-4H3. The summed E-state index contributed by atoms with van der Waals surface area (Å²) in [6.45, 7) is 7.55. The first-order valence-electron chi connectivity index (χ1n) is 5.99. The molecule has 0 bridgehead atoms. The van der Waals surface area contributed by atoms with Crippen molar-refractivity contribution in [3.8, 4) is 0 Å². The summed E-state index contributed by atoms with van der Waals surface area (Å²) in [4.78, 5) is 3.92. The minimum absolute atomic E-state index is 0.152. The SMILES string of the molecule is CCOP(=O)(OCC)c1ncc(C(C)C)cc1F. The van der Waals surface area contributed by atoms with E-state index in [-0.39, 0.29) is 24.6 Å². The van der Waals surface area contributed by atoms with E-state index < -0.39 is 13.4 Å². The Morgan fingerprint density at radius 1 is 1.33 bits per heavy atom. The number of rotatable bonds is 6. The first-order valence-corrected chi connectivity index (χ1v) is 7.54. The van der Waals surface area contributed by atoms with Crippen molar-refractivity contribution in [2.75, 3.05) is 13.2 Å². The van der Waals surface area contributed by atoms with Crippen LogP contribution in [0.4, 0.5) is 4.39 Å². The van der Waals surface area contributed by atoms with Gasteiger partial charge in [0.15, 0.2) is 11.3 Å². The maximum absolute atomic E-state index is 14.0. The van der Waals surface area contributed by atoms with Gasteiger partial charge < -0.3 is 9.05 Å². The summed E-state index contributed by atoms with van der Waals surface area (Å²) in [5.41, 5.74) is 0.506. The van der Waals surface area contributed by atoms with Crippen molar-refractivity contribution in [3.05, 3.63) is 23.6 Å². The fourth-order valence-electron chi connectivity index (χ4n) is 1.46. The molecule has 0 aliphatic heterocycles. The zero-order valence-electron chi connectivity index (χ0n) is 11.1. The Bertz CT molecular complexity index is 441. The average molecular weight is 275 g/mol. The van der Waals surface area contributed by atoms with Gasteiger partial charge in [0.25, 0.3) is 0 Å². The molecule has 0 radical (unpaired) electrons. The van der Waals surface area contributed by atoms with E-state index in [9.17, 15) is 8.96 Å². The van der Waals surface area contributed by atoms with Crippen molar-refractivity contribution in [1.29, 1.82) is 0 Å². The van der Waals surface area contributed by atoms with Crippen LogP contribution >= 0.6 is 7.60 Å². The van der Waals surface area contributed by atoms with Crippen LogP contribution in [0, 0.1) is 5.82 Å².